The predicted molar refractivity (Wildman–Crippen MR) is 70.1 cm³/mol. The van der Waals surface area contributed by atoms with Crippen molar-refractivity contribution in [1.82, 2.24) is 14.9 Å². The van der Waals surface area contributed by atoms with E-state index in [9.17, 15) is 9.59 Å². The Bertz CT molecular complexity index is 474. The fourth-order valence-corrected chi connectivity index (χ4v) is 2.54. The average Bonchev–Trinajstić information content (AvgIpc) is 3.02. The maximum Gasteiger partial charge on any atom is 0.272 e. The van der Waals surface area contributed by atoms with Crippen LogP contribution in [0, 0.1) is 0 Å². The van der Waals surface area contributed by atoms with Crippen LogP contribution in [0.5, 0.6) is 0 Å². The van der Waals surface area contributed by atoms with Gasteiger partial charge in [0.25, 0.3) is 5.91 Å². The van der Waals surface area contributed by atoms with Crippen molar-refractivity contribution in [2.45, 2.75) is 19.4 Å². The molecular weight excluding hydrogens is 270 g/mol. The smallest absolute Gasteiger partial charge is 0.272 e. The molecule has 7 heteroatoms. The predicted octanol–water partition coefficient (Wildman–Crippen LogP) is 1.99. The van der Waals surface area contributed by atoms with E-state index in [2.05, 4.69) is 14.9 Å². The number of ketones is 1. The van der Waals surface area contributed by atoms with E-state index in [4.69, 9.17) is 0 Å². The van der Waals surface area contributed by atoms with Gasteiger partial charge in [0.2, 0.25) is 0 Å². The summed E-state index contributed by atoms with van der Waals surface area (Å²) in [6.45, 7) is 1.79. The highest BCUT2D eigenvalue weighted by molar-refractivity contribution is 7.12. The maximum atomic E-state index is 11.8. The molecule has 0 bridgehead atoms. The summed E-state index contributed by atoms with van der Waals surface area (Å²) in [5.41, 5.74) is 0.287. The largest absolute Gasteiger partial charge is 0.348 e. The van der Waals surface area contributed by atoms with Crippen molar-refractivity contribution in [2.75, 3.05) is 0 Å². The Morgan fingerprint density at radius 2 is 2.33 bits per heavy atom. The van der Waals surface area contributed by atoms with Gasteiger partial charge in [-0.3, -0.25) is 9.59 Å². The molecule has 18 heavy (non-hydrogen) atoms. The molecule has 0 aliphatic carbocycles. The van der Waals surface area contributed by atoms with E-state index in [0.717, 1.165) is 11.5 Å². The van der Waals surface area contributed by atoms with Gasteiger partial charge in [0.15, 0.2) is 11.5 Å². The Morgan fingerprint density at radius 3 is 2.94 bits per heavy atom. The second-order valence-corrected chi connectivity index (χ2v) is 5.33. The Balaban J connectivity index is 1.87. The molecule has 1 N–H and O–H groups in total. The minimum atomic E-state index is -0.296. The van der Waals surface area contributed by atoms with Crippen LogP contribution < -0.4 is 5.32 Å². The summed E-state index contributed by atoms with van der Waals surface area (Å²) >= 11 is 2.53. The lowest BCUT2D eigenvalue weighted by Crippen LogP contribution is -2.34. The molecular formula is C11H11N3O2S2. The molecule has 5 nitrogen and oxygen atoms in total. The van der Waals surface area contributed by atoms with Gasteiger partial charge in [0.1, 0.15) is 0 Å². The number of rotatable bonds is 5. The number of nitrogens with one attached hydrogen (secondary N) is 1. The second-order valence-electron chi connectivity index (χ2n) is 3.77. The molecule has 0 radical (unpaired) electrons. The first-order chi connectivity index (χ1) is 8.66. The fraction of sp³-hybridized carbons (Fsp3) is 0.273. The van der Waals surface area contributed by atoms with Crippen LogP contribution in [0.1, 0.15) is 33.5 Å². The molecule has 2 aromatic heterocycles. The standard InChI is InChI=1S/C11H11N3O2S2/c1-7(5-9(15)10-3-2-4-17-10)12-11(16)8-6-18-14-13-8/h2-4,6-7H,5H2,1H3,(H,12,16)/t7-/m1/s1. The van der Waals surface area contributed by atoms with Gasteiger partial charge >= 0.3 is 0 Å². The Hall–Kier alpha value is -1.60. The fourth-order valence-electron chi connectivity index (χ4n) is 1.43. The Labute approximate surface area is 112 Å². The highest BCUT2D eigenvalue weighted by atomic mass is 32.1. The van der Waals surface area contributed by atoms with E-state index in [1.54, 1.807) is 18.4 Å². The number of Topliss-reactive ketones (excluding diaryl/α,β-unsaturated/α-hetero) is 1. The van der Waals surface area contributed by atoms with Crippen molar-refractivity contribution >= 4 is 34.6 Å². The number of hydrogen-bond donors (Lipinski definition) is 1. The zero-order valence-electron chi connectivity index (χ0n) is 9.62. The molecule has 0 aromatic carbocycles. The summed E-state index contributed by atoms with van der Waals surface area (Å²) in [7, 11) is 0. The molecule has 0 saturated carbocycles. The van der Waals surface area contributed by atoms with Crippen LogP contribution in [0.3, 0.4) is 0 Å². The molecule has 94 valence electrons. The highest BCUT2D eigenvalue weighted by Crippen LogP contribution is 2.12. The minimum absolute atomic E-state index is 0.0363. The van der Waals surface area contributed by atoms with Gasteiger partial charge in [-0.15, -0.1) is 16.4 Å². The summed E-state index contributed by atoms with van der Waals surface area (Å²) in [6.07, 6.45) is 0.282. The lowest BCUT2D eigenvalue weighted by Gasteiger charge is -2.11. The van der Waals surface area contributed by atoms with E-state index in [1.165, 1.54) is 11.3 Å². The van der Waals surface area contributed by atoms with E-state index < -0.39 is 0 Å². The minimum Gasteiger partial charge on any atom is -0.348 e. The molecule has 0 saturated heterocycles. The number of aromatic nitrogens is 2. The maximum absolute atomic E-state index is 11.8. The topological polar surface area (TPSA) is 72.0 Å². The van der Waals surface area contributed by atoms with Crippen molar-refractivity contribution in [3.63, 3.8) is 0 Å². The highest BCUT2D eigenvalue weighted by Gasteiger charge is 2.16. The zero-order chi connectivity index (χ0) is 13.0. The molecule has 0 aliphatic heterocycles. The third kappa shape index (κ3) is 3.21. The number of hydrogen-bond acceptors (Lipinski definition) is 6. The lowest BCUT2D eigenvalue weighted by atomic mass is 10.1. The van der Waals surface area contributed by atoms with Gasteiger partial charge in [0, 0.05) is 17.8 Å². The molecule has 1 atom stereocenters. The van der Waals surface area contributed by atoms with E-state index >= 15 is 0 Å². The van der Waals surface area contributed by atoms with Crippen LogP contribution in [-0.4, -0.2) is 27.3 Å². The summed E-state index contributed by atoms with van der Waals surface area (Å²) in [6, 6.07) is 3.39. The normalized spacial score (nSPS) is 12.1. The first-order valence-corrected chi connectivity index (χ1v) is 7.03. The molecule has 0 unspecified atom stereocenters. The summed E-state index contributed by atoms with van der Waals surface area (Å²) < 4.78 is 3.62. The van der Waals surface area contributed by atoms with Crippen molar-refractivity contribution in [3.8, 4) is 0 Å². The van der Waals surface area contributed by atoms with Crippen LogP contribution in [0.15, 0.2) is 22.9 Å². The summed E-state index contributed by atoms with van der Waals surface area (Å²) in [4.78, 5) is 24.2. The Kier molecular flexibility index (Phi) is 4.16. The van der Waals surface area contributed by atoms with Crippen LogP contribution >= 0.6 is 22.9 Å². The third-order valence-corrected chi connectivity index (χ3v) is 3.67. The van der Waals surface area contributed by atoms with Crippen LogP contribution in [-0.2, 0) is 0 Å². The second kappa shape index (κ2) is 5.83. The number of carbonyl (C=O) groups is 2. The molecule has 2 rings (SSSR count). The number of carbonyl (C=O) groups excluding carboxylic acids is 2. The molecule has 2 heterocycles. The van der Waals surface area contributed by atoms with Crippen molar-refractivity contribution < 1.29 is 9.59 Å². The molecule has 0 fully saturated rings. The van der Waals surface area contributed by atoms with E-state index in [0.29, 0.717) is 4.88 Å². The van der Waals surface area contributed by atoms with Gasteiger partial charge in [0.05, 0.1) is 4.88 Å². The first kappa shape index (κ1) is 12.8. The van der Waals surface area contributed by atoms with Crippen molar-refractivity contribution in [2.24, 2.45) is 0 Å². The molecule has 0 aliphatic rings. The molecule has 0 spiro atoms. The third-order valence-electron chi connectivity index (χ3n) is 2.26. The van der Waals surface area contributed by atoms with Crippen molar-refractivity contribution in [3.05, 3.63) is 33.5 Å². The number of thiophene rings is 1. The lowest BCUT2D eigenvalue weighted by molar-refractivity contribution is 0.0915. The van der Waals surface area contributed by atoms with Crippen molar-refractivity contribution in [1.29, 1.82) is 0 Å². The quantitative estimate of drug-likeness (QED) is 0.851. The van der Waals surface area contributed by atoms with Crippen LogP contribution in [0.2, 0.25) is 0 Å². The van der Waals surface area contributed by atoms with Crippen LogP contribution in [0.4, 0.5) is 0 Å². The zero-order valence-corrected chi connectivity index (χ0v) is 11.3. The SMILES string of the molecule is C[C@H](CC(=O)c1cccs1)NC(=O)c1csnn1. The van der Waals surface area contributed by atoms with Gasteiger partial charge < -0.3 is 5.32 Å². The summed E-state index contributed by atoms with van der Waals surface area (Å²) in [5.74, 6) is -0.260. The first-order valence-electron chi connectivity index (χ1n) is 5.31. The number of amides is 1. The average molecular weight is 281 g/mol. The molecule has 2 aromatic rings. The van der Waals surface area contributed by atoms with Gasteiger partial charge in [-0.1, -0.05) is 10.6 Å². The van der Waals surface area contributed by atoms with Gasteiger partial charge in [-0.25, -0.2) is 0 Å². The monoisotopic (exact) mass is 281 g/mol. The Morgan fingerprint density at radius 1 is 1.50 bits per heavy atom. The van der Waals surface area contributed by atoms with E-state index in [-0.39, 0.29) is 29.8 Å². The van der Waals surface area contributed by atoms with E-state index in [1.807, 2.05) is 11.4 Å². The molecule has 1 amide bonds. The van der Waals surface area contributed by atoms with Gasteiger partial charge in [-0.05, 0) is 29.9 Å². The van der Waals surface area contributed by atoms with Gasteiger partial charge in [-0.2, -0.15) is 0 Å². The van der Waals surface area contributed by atoms with Crippen LogP contribution in [0.25, 0.3) is 0 Å². The summed E-state index contributed by atoms with van der Waals surface area (Å²) in [5, 5.41) is 9.83. The number of nitrogens with zero attached hydrogens (tertiary/aromatic N) is 2.